The Morgan fingerprint density at radius 2 is 1.30 bits per heavy atom. The Bertz CT molecular complexity index is 1450. The van der Waals surface area contributed by atoms with Crippen LogP contribution in [-0.2, 0) is 6.42 Å². The Morgan fingerprint density at radius 1 is 0.667 bits per heavy atom. The highest BCUT2D eigenvalue weighted by molar-refractivity contribution is 6.90. The van der Waals surface area contributed by atoms with Crippen LogP contribution < -0.4 is 0 Å². The molecule has 33 heavy (non-hydrogen) atoms. The fourth-order valence-corrected chi connectivity index (χ4v) is 11.6. The van der Waals surface area contributed by atoms with E-state index in [1.54, 1.807) is 0 Å². The summed E-state index contributed by atoms with van der Waals surface area (Å²) in [5, 5.41) is 7.95. The minimum Gasteiger partial charge on any atom is -0.125 e. The molecule has 1 aliphatic carbocycles. The lowest BCUT2D eigenvalue weighted by Gasteiger charge is -2.38. The Hall–Kier alpha value is -2.82. The minimum absolute atomic E-state index is 0.663. The molecule has 4 aromatic rings. The van der Waals surface area contributed by atoms with Crippen molar-refractivity contribution in [1.29, 1.82) is 0 Å². The fraction of sp³-hybridized carbons (Fsp3) is 0.312. The van der Waals surface area contributed by atoms with Crippen LogP contribution in [0.15, 0.2) is 66.2 Å². The molecule has 0 unspecified atom stereocenters. The summed E-state index contributed by atoms with van der Waals surface area (Å²) >= 11 is 0. The van der Waals surface area contributed by atoms with E-state index in [9.17, 15) is 0 Å². The molecule has 0 heterocycles. The van der Waals surface area contributed by atoms with Crippen LogP contribution in [0.1, 0.15) is 52.7 Å². The molecule has 0 amide bonds. The molecule has 0 nitrogen and oxygen atoms in total. The Morgan fingerprint density at radius 3 is 1.97 bits per heavy atom. The predicted octanol–water partition coefficient (Wildman–Crippen LogP) is 9.31. The largest absolute Gasteiger partial charge is 0.146 e. The van der Waals surface area contributed by atoms with Crippen molar-refractivity contribution in [2.24, 2.45) is 0 Å². The zero-order valence-corrected chi connectivity index (χ0v) is 21.8. The van der Waals surface area contributed by atoms with Crippen LogP contribution in [-0.4, -0.2) is 8.07 Å². The first-order chi connectivity index (χ1) is 15.8. The van der Waals surface area contributed by atoms with E-state index in [0.717, 1.165) is 6.42 Å². The molecule has 0 saturated carbocycles. The Balaban J connectivity index is 1.63. The molecule has 1 aliphatic rings. The molecule has 5 rings (SSSR count). The van der Waals surface area contributed by atoms with Crippen LogP contribution >= 0.6 is 0 Å². The van der Waals surface area contributed by atoms with Crippen LogP contribution in [0.2, 0.25) is 16.6 Å². The first-order valence-corrected chi connectivity index (χ1v) is 14.7. The molecule has 4 aromatic carbocycles. The van der Waals surface area contributed by atoms with Crippen molar-refractivity contribution in [3.8, 4) is 11.5 Å². The zero-order valence-electron chi connectivity index (χ0n) is 20.8. The quantitative estimate of drug-likeness (QED) is 0.127. The van der Waals surface area contributed by atoms with Gasteiger partial charge in [0.05, 0.1) is 0 Å². The van der Waals surface area contributed by atoms with Crippen LogP contribution in [0.4, 0.5) is 0 Å². The highest BCUT2D eigenvalue weighted by atomic mass is 28.3. The molecule has 166 valence electrons. The van der Waals surface area contributed by atoms with Crippen molar-refractivity contribution in [2.75, 3.05) is 0 Å². The van der Waals surface area contributed by atoms with Crippen LogP contribution in [0.3, 0.4) is 0 Å². The van der Waals surface area contributed by atoms with E-state index < -0.39 is 8.07 Å². The average molecular weight is 447 g/mol. The third kappa shape index (κ3) is 3.53. The Kier molecular flexibility index (Phi) is 5.46. The van der Waals surface area contributed by atoms with Gasteiger partial charge in [-0.15, -0.1) is 5.54 Å². The summed E-state index contributed by atoms with van der Waals surface area (Å²) in [4.78, 5) is 0. The van der Waals surface area contributed by atoms with Gasteiger partial charge >= 0.3 is 0 Å². The second-order valence-corrected chi connectivity index (χ2v) is 16.3. The average Bonchev–Trinajstić information content (AvgIpc) is 3.20. The van der Waals surface area contributed by atoms with E-state index in [2.05, 4.69) is 120 Å². The molecule has 0 atom stereocenters. The third-order valence-corrected chi connectivity index (χ3v) is 14.3. The van der Waals surface area contributed by atoms with Crippen molar-refractivity contribution < 1.29 is 0 Å². The second-order valence-electron chi connectivity index (χ2n) is 10.7. The number of allylic oxidation sites excluding steroid dienone is 1. The van der Waals surface area contributed by atoms with Crippen molar-refractivity contribution >= 4 is 46.5 Å². The van der Waals surface area contributed by atoms with Gasteiger partial charge in [-0.05, 0) is 78.3 Å². The normalized spacial score (nSPS) is 13.8. The summed E-state index contributed by atoms with van der Waals surface area (Å²) in [7, 11) is -1.72. The maximum atomic E-state index is 3.93. The lowest BCUT2D eigenvalue weighted by Crippen LogP contribution is -2.43. The predicted molar refractivity (Wildman–Crippen MR) is 149 cm³/mol. The number of rotatable bonds is 3. The molecule has 0 aromatic heterocycles. The molecule has 0 bridgehead atoms. The molecule has 0 radical (unpaired) electrons. The van der Waals surface area contributed by atoms with Crippen molar-refractivity contribution in [3.63, 3.8) is 0 Å². The van der Waals surface area contributed by atoms with Crippen LogP contribution in [0.25, 0.3) is 38.4 Å². The van der Waals surface area contributed by atoms with E-state index in [1.165, 1.54) is 49.0 Å². The van der Waals surface area contributed by atoms with Gasteiger partial charge in [-0.25, -0.2) is 0 Å². The summed E-state index contributed by atoms with van der Waals surface area (Å²) in [6, 6.07) is 22.6. The molecule has 0 N–H and O–H groups in total. The minimum atomic E-state index is -1.72. The highest BCUT2D eigenvalue weighted by Crippen LogP contribution is 2.41. The smallest absolute Gasteiger partial charge is 0.125 e. The van der Waals surface area contributed by atoms with E-state index >= 15 is 0 Å². The summed E-state index contributed by atoms with van der Waals surface area (Å²) in [5.41, 5.74) is 9.99. The van der Waals surface area contributed by atoms with E-state index in [-0.39, 0.29) is 0 Å². The van der Waals surface area contributed by atoms with Crippen molar-refractivity contribution in [2.45, 2.75) is 64.6 Å². The van der Waals surface area contributed by atoms with Crippen LogP contribution in [0, 0.1) is 11.5 Å². The number of fused-ring (bicyclic) bond motifs is 6. The molecule has 0 aliphatic heterocycles. The number of hydrogen-bond donors (Lipinski definition) is 0. The number of hydrogen-bond acceptors (Lipinski definition) is 0. The summed E-state index contributed by atoms with van der Waals surface area (Å²) < 4.78 is 0. The summed E-state index contributed by atoms with van der Waals surface area (Å²) in [6.45, 7) is 14.3. The molecular weight excluding hydrogens is 412 g/mol. The lowest BCUT2D eigenvalue weighted by atomic mass is 9.94. The van der Waals surface area contributed by atoms with Gasteiger partial charge in [-0.2, -0.15) is 0 Å². The SMILES string of the molecule is CC(C)[Si](C#CC1=Cc2c(ccc3c2ccc2cc4ccccc4cc23)C1)(C(C)C)C(C)C. The van der Waals surface area contributed by atoms with Gasteiger partial charge < -0.3 is 0 Å². The van der Waals surface area contributed by atoms with E-state index in [1.807, 2.05) is 0 Å². The van der Waals surface area contributed by atoms with Gasteiger partial charge in [0.1, 0.15) is 8.07 Å². The van der Waals surface area contributed by atoms with Gasteiger partial charge in [-0.1, -0.05) is 96.0 Å². The molecule has 0 saturated heterocycles. The molecule has 0 spiro atoms. The maximum Gasteiger partial charge on any atom is 0.146 e. The summed E-state index contributed by atoms with van der Waals surface area (Å²) in [5.74, 6) is 3.71. The van der Waals surface area contributed by atoms with Gasteiger partial charge in [-0.3, -0.25) is 0 Å². The third-order valence-electron chi connectivity index (χ3n) is 8.02. The van der Waals surface area contributed by atoms with Crippen molar-refractivity contribution in [1.82, 2.24) is 0 Å². The molecular formula is C32H34Si. The molecule has 0 fully saturated rings. The Labute approximate surface area is 199 Å². The molecule has 1 heteroatoms. The first-order valence-electron chi connectivity index (χ1n) is 12.4. The topological polar surface area (TPSA) is 0 Å². The van der Waals surface area contributed by atoms with Gasteiger partial charge in [0.25, 0.3) is 0 Å². The first kappa shape index (κ1) is 22.0. The van der Waals surface area contributed by atoms with Crippen LogP contribution in [0.5, 0.6) is 0 Å². The standard InChI is InChI=1S/C32H34Si/c1-21(2)33(22(3)4,23(5)6)16-15-24-17-27-11-13-30-29(31(27)18-24)14-12-28-19-25-9-7-8-10-26(25)20-32(28)30/h7-14,18-23H,17H2,1-6H3. The van der Waals surface area contributed by atoms with Gasteiger partial charge in [0, 0.05) is 12.0 Å². The monoisotopic (exact) mass is 446 g/mol. The van der Waals surface area contributed by atoms with Crippen molar-refractivity contribution in [3.05, 3.63) is 77.4 Å². The zero-order chi connectivity index (χ0) is 23.3. The fourth-order valence-electron chi connectivity index (χ4n) is 6.35. The van der Waals surface area contributed by atoms with E-state index in [0.29, 0.717) is 16.6 Å². The lowest BCUT2D eigenvalue weighted by molar-refractivity contribution is 0.838. The second kappa shape index (κ2) is 8.19. The van der Waals surface area contributed by atoms with Gasteiger partial charge in [0.15, 0.2) is 0 Å². The maximum absolute atomic E-state index is 3.93. The number of benzene rings is 4. The van der Waals surface area contributed by atoms with Gasteiger partial charge in [0.2, 0.25) is 0 Å². The summed E-state index contributed by atoms with van der Waals surface area (Å²) in [6.07, 6.45) is 3.34. The van der Waals surface area contributed by atoms with E-state index in [4.69, 9.17) is 0 Å². The highest BCUT2D eigenvalue weighted by Gasteiger charge is 2.41.